The molecule has 344 valence electrons. The summed E-state index contributed by atoms with van der Waals surface area (Å²) < 4.78 is 6.06. The predicted octanol–water partition coefficient (Wildman–Crippen LogP) is 7.86. The minimum Gasteiger partial charge on any atom is -0.396 e. The fraction of sp³-hybridized carbons (Fsp3) is 0.321. The second-order valence-electron chi connectivity index (χ2n) is 18.9. The molecule has 0 aliphatic heterocycles. The van der Waals surface area contributed by atoms with Crippen LogP contribution >= 0.6 is 15.9 Å². The number of aliphatic hydroxyl groups is 4. The van der Waals surface area contributed by atoms with Crippen LogP contribution in [-0.4, -0.2) is 66.4 Å². The van der Waals surface area contributed by atoms with Gasteiger partial charge in [-0.3, -0.25) is 0 Å². The fourth-order valence-electron chi connectivity index (χ4n) is 8.14. The molecule has 0 saturated carbocycles. The van der Waals surface area contributed by atoms with Crippen molar-refractivity contribution in [1.82, 2.24) is 0 Å². The molecule has 0 heterocycles. The topological polar surface area (TPSA) is 171 Å². The monoisotopic (exact) mass is 910 g/mol. The minimum absolute atomic E-state index is 0.166. The molecule has 0 aliphatic carbocycles. The van der Waals surface area contributed by atoms with Gasteiger partial charge in [0.25, 0.3) is 0 Å². The van der Waals surface area contributed by atoms with Crippen LogP contribution in [0.15, 0.2) is 158 Å². The third kappa shape index (κ3) is 10.7. The van der Waals surface area contributed by atoms with Gasteiger partial charge in [-0.2, -0.15) is 0 Å². The van der Waals surface area contributed by atoms with Gasteiger partial charge in [-0.15, -0.1) is 0 Å². The van der Waals surface area contributed by atoms with Gasteiger partial charge in [0.1, 0.15) is 0 Å². The molecule has 9 nitrogen and oxygen atoms in total. The van der Waals surface area contributed by atoms with Crippen molar-refractivity contribution in [2.24, 2.45) is 5.41 Å². The summed E-state index contributed by atoms with van der Waals surface area (Å²) >= 11 is 0. The van der Waals surface area contributed by atoms with Crippen LogP contribution in [0, 0.1) is 5.41 Å². The van der Waals surface area contributed by atoms with E-state index in [2.05, 4.69) is 52.0 Å². The molecule has 11 heteroatoms. The van der Waals surface area contributed by atoms with Crippen molar-refractivity contribution >= 4 is 26.5 Å². The summed E-state index contributed by atoms with van der Waals surface area (Å²) in [6.07, 6.45) is 0. The second kappa shape index (κ2) is 20.1. The van der Waals surface area contributed by atoms with Gasteiger partial charge in [-0.05, 0) is 0 Å². The van der Waals surface area contributed by atoms with Crippen LogP contribution in [0.4, 0.5) is 0 Å². The molecule has 0 bridgehead atoms. The van der Waals surface area contributed by atoms with Crippen LogP contribution < -0.4 is 10.6 Å². The Kier molecular flexibility index (Phi) is 16.0. The van der Waals surface area contributed by atoms with Crippen LogP contribution in [0.1, 0.15) is 99.9 Å². The SMILES string of the molecule is CC(C)(c1ccccc1)c1ccc([PH](O)(O)O[PH](O)(O)c2ccc(C(C)(C)c3ccccc3)cc2C(C)(C)c2ccccc2)c(C(C)(C)c2ccccc2)c1.OCC(CO)(CO)CO. The Balaban J connectivity index is 0.000000772. The Morgan fingerprint density at radius 3 is 0.828 bits per heavy atom. The van der Waals surface area contributed by atoms with E-state index >= 15 is 0 Å². The number of benzene rings is 6. The summed E-state index contributed by atoms with van der Waals surface area (Å²) in [6.45, 7) is 15.1. The van der Waals surface area contributed by atoms with Gasteiger partial charge in [0.15, 0.2) is 0 Å². The van der Waals surface area contributed by atoms with Gasteiger partial charge < -0.3 is 20.4 Å². The fourth-order valence-corrected chi connectivity index (χ4v) is 12.7. The molecule has 6 aromatic carbocycles. The molecule has 64 heavy (non-hydrogen) atoms. The molecular weight excluding hydrogens is 843 g/mol. The van der Waals surface area contributed by atoms with Crippen LogP contribution in [0.5, 0.6) is 0 Å². The Labute approximate surface area is 380 Å². The average Bonchev–Trinajstić information content (AvgIpc) is 3.30. The van der Waals surface area contributed by atoms with Crippen molar-refractivity contribution in [2.75, 3.05) is 26.4 Å². The first-order chi connectivity index (χ1) is 30.0. The number of hydrogen-bond acceptors (Lipinski definition) is 9. The Bertz CT molecular complexity index is 2240. The van der Waals surface area contributed by atoms with E-state index < -0.39 is 69.4 Å². The smallest absolute Gasteiger partial charge is 0.0627 e. The molecule has 0 unspecified atom stereocenters. The second-order valence-corrected chi connectivity index (χ2v) is 23.3. The van der Waals surface area contributed by atoms with Crippen LogP contribution in [0.2, 0.25) is 0 Å². The van der Waals surface area contributed by atoms with Crippen molar-refractivity contribution in [3.63, 3.8) is 0 Å². The summed E-state index contributed by atoms with van der Waals surface area (Å²) in [5.41, 5.74) is 4.03. The number of hydrogen-bond donors (Lipinski definition) is 8. The summed E-state index contributed by atoms with van der Waals surface area (Å²) in [4.78, 5) is 48.9. The van der Waals surface area contributed by atoms with Crippen molar-refractivity contribution in [3.8, 4) is 0 Å². The summed E-state index contributed by atoms with van der Waals surface area (Å²) in [5.74, 6) is 0. The normalized spacial score (nSPS) is 13.5. The molecule has 0 saturated heterocycles. The number of rotatable bonds is 16. The zero-order valence-corrected chi connectivity index (χ0v) is 40.3. The molecule has 0 radical (unpaired) electrons. The van der Waals surface area contributed by atoms with Crippen LogP contribution in [0.3, 0.4) is 0 Å². The molecule has 0 aliphatic rings. The molecule has 0 spiro atoms. The molecule has 6 rings (SSSR count). The largest absolute Gasteiger partial charge is 0.396 e. The van der Waals surface area contributed by atoms with Crippen molar-refractivity contribution in [2.45, 2.75) is 77.0 Å². The van der Waals surface area contributed by atoms with E-state index in [9.17, 15) is 19.6 Å². The Morgan fingerprint density at radius 1 is 0.344 bits per heavy atom. The van der Waals surface area contributed by atoms with E-state index in [0.717, 1.165) is 33.4 Å². The van der Waals surface area contributed by atoms with E-state index in [4.69, 9.17) is 24.7 Å². The standard InChI is InChI=1S/C48H56O5P2.C5H12O4/c1-45(2,35-21-13-9-14-22-35)39-29-31-43(41(33-39)47(5,6)37-25-17-11-18-26-37)54(49,50)53-55(51,52)44-32-30-40(46(3,4)36-23-15-10-16-24-36)34-42(44)48(7,8)38-27-19-12-20-28-38;6-1-5(2-7,3-8)4-9/h9-34,49-52,54-55H,1-8H3;6-9H,1-4H2. The van der Waals surface area contributed by atoms with Gasteiger partial charge in [0, 0.05) is 0 Å². The zero-order valence-electron chi connectivity index (χ0n) is 38.3. The maximum atomic E-state index is 12.2. The molecule has 0 atom stereocenters. The van der Waals surface area contributed by atoms with Gasteiger partial charge in [0.2, 0.25) is 0 Å². The Hall–Kier alpha value is -4.18. The molecule has 0 amide bonds. The molecule has 8 N–H and O–H groups in total. The quantitative estimate of drug-likeness (QED) is 0.0451. The molecule has 6 aromatic rings. The van der Waals surface area contributed by atoms with Crippen LogP contribution in [0.25, 0.3) is 0 Å². The average molecular weight is 911 g/mol. The summed E-state index contributed by atoms with van der Waals surface area (Å²) in [5, 5.41) is 34.3. The molecule has 0 fully saturated rings. The van der Waals surface area contributed by atoms with Gasteiger partial charge in [-0.1, -0.05) is 0 Å². The van der Waals surface area contributed by atoms with E-state index in [1.54, 1.807) is 12.1 Å². The van der Waals surface area contributed by atoms with Crippen molar-refractivity contribution in [3.05, 3.63) is 202 Å². The maximum absolute atomic E-state index is 12.2. The van der Waals surface area contributed by atoms with E-state index in [1.165, 1.54) is 0 Å². The van der Waals surface area contributed by atoms with Crippen molar-refractivity contribution in [1.29, 1.82) is 0 Å². The van der Waals surface area contributed by atoms with E-state index in [-0.39, 0.29) is 10.6 Å². The first kappa shape index (κ1) is 50.8. The van der Waals surface area contributed by atoms with Crippen molar-refractivity contribution < 1.29 is 44.3 Å². The zero-order chi connectivity index (χ0) is 47.2. The van der Waals surface area contributed by atoms with Gasteiger partial charge in [-0.25, -0.2) is 0 Å². The summed E-state index contributed by atoms with van der Waals surface area (Å²) in [7, 11) is -10.1. The molecule has 0 aromatic heterocycles. The Morgan fingerprint density at radius 2 is 0.594 bits per heavy atom. The predicted molar refractivity (Wildman–Crippen MR) is 264 cm³/mol. The van der Waals surface area contributed by atoms with E-state index in [0.29, 0.717) is 11.1 Å². The molecular formula is C53H68O9P2. The van der Waals surface area contributed by atoms with Gasteiger partial charge >= 0.3 is 330 Å². The number of aliphatic hydroxyl groups excluding tert-OH is 4. The third-order valence-corrected chi connectivity index (χ3v) is 17.7. The summed E-state index contributed by atoms with van der Waals surface area (Å²) in [6, 6.07) is 51.5. The first-order valence-corrected chi connectivity index (χ1v) is 25.2. The van der Waals surface area contributed by atoms with E-state index in [1.807, 2.05) is 149 Å². The maximum Gasteiger partial charge on any atom is 0.0627 e. The first-order valence-electron chi connectivity index (χ1n) is 21.6. The van der Waals surface area contributed by atoms with Crippen LogP contribution in [-0.2, 0) is 26.0 Å². The minimum atomic E-state index is -5.05. The third-order valence-electron chi connectivity index (χ3n) is 13.1. The van der Waals surface area contributed by atoms with Gasteiger partial charge in [0.05, 0.1) is 31.8 Å².